The minimum atomic E-state index is -1.08. The second-order valence-electron chi connectivity index (χ2n) is 7.41. The van der Waals surface area contributed by atoms with Gasteiger partial charge in [0.05, 0.1) is 24.3 Å². The largest absolute Gasteiger partial charge is 0.396 e. The van der Waals surface area contributed by atoms with Crippen LogP contribution in [0.15, 0.2) is 55.1 Å². The lowest BCUT2D eigenvalue weighted by molar-refractivity contribution is 0.00445. The highest BCUT2D eigenvalue weighted by Gasteiger charge is 2.41. The van der Waals surface area contributed by atoms with Crippen molar-refractivity contribution in [1.82, 2.24) is 19.7 Å². The highest BCUT2D eigenvalue weighted by molar-refractivity contribution is 6.10. The second-order valence-corrected chi connectivity index (χ2v) is 7.41. The minimum absolute atomic E-state index is 0.219. The first kappa shape index (κ1) is 20.1. The van der Waals surface area contributed by atoms with Crippen LogP contribution < -0.4 is 5.32 Å². The molecule has 4 N–H and O–H groups in total. The molecule has 0 bridgehead atoms. The van der Waals surface area contributed by atoms with Crippen LogP contribution in [-0.4, -0.2) is 65.7 Å². The van der Waals surface area contributed by atoms with E-state index in [1.165, 1.54) is 12.5 Å². The number of aromatic nitrogens is 4. The molecule has 1 fully saturated rings. The fraction of sp³-hybridized carbons (Fsp3) is 0.333. The Morgan fingerprint density at radius 2 is 1.97 bits per heavy atom. The highest BCUT2D eigenvalue weighted by Crippen LogP contribution is 2.29. The number of aliphatic hydroxyl groups excluding tert-OH is 3. The first-order valence-corrected chi connectivity index (χ1v) is 9.72. The summed E-state index contributed by atoms with van der Waals surface area (Å²) >= 11 is 0. The van der Waals surface area contributed by atoms with Crippen molar-refractivity contribution in [1.29, 1.82) is 0 Å². The Labute approximate surface area is 173 Å². The number of rotatable bonds is 7. The lowest BCUT2D eigenvalue weighted by Gasteiger charge is -2.19. The number of nitrogens with one attached hydrogen (secondary N) is 1. The van der Waals surface area contributed by atoms with E-state index in [1.807, 2.05) is 30.3 Å². The summed E-state index contributed by atoms with van der Waals surface area (Å²) in [5.74, 6) is -0.536. The maximum atomic E-state index is 13.0. The first-order valence-electron chi connectivity index (χ1n) is 9.72. The number of nitrogens with zero attached hydrogens (tertiary/aromatic N) is 4. The molecule has 0 saturated heterocycles. The van der Waals surface area contributed by atoms with Crippen LogP contribution in [0.5, 0.6) is 0 Å². The number of carbonyl (C=O) groups is 1. The zero-order chi connectivity index (χ0) is 21.1. The van der Waals surface area contributed by atoms with E-state index in [4.69, 9.17) is 0 Å². The molecule has 2 aromatic heterocycles. The molecule has 0 spiro atoms. The Hall–Kier alpha value is -3.14. The maximum Gasteiger partial charge on any atom is 0.218 e. The van der Waals surface area contributed by atoms with Gasteiger partial charge in [-0.25, -0.2) is 9.97 Å². The second kappa shape index (κ2) is 8.70. The van der Waals surface area contributed by atoms with Crippen LogP contribution in [0.1, 0.15) is 28.0 Å². The molecular weight excluding hydrogens is 386 g/mol. The van der Waals surface area contributed by atoms with Gasteiger partial charge in [0.25, 0.3) is 0 Å². The molecule has 9 nitrogen and oxygen atoms in total. The number of carbonyl (C=O) groups excluding carboxylic acids is 1. The molecule has 1 aliphatic carbocycles. The summed E-state index contributed by atoms with van der Waals surface area (Å²) < 4.78 is 1.68. The van der Waals surface area contributed by atoms with E-state index in [-0.39, 0.29) is 29.5 Å². The van der Waals surface area contributed by atoms with E-state index in [0.717, 1.165) is 5.56 Å². The van der Waals surface area contributed by atoms with Crippen LogP contribution in [-0.2, 0) is 6.54 Å². The minimum Gasteiger partial charge on any atom is -0.396 e. The van der Waals surface area contributed by atoms with Gasteiger partial charge in [0.15, 0.2) is 0 Å². The van der Waals surface area contributed by atoms with Gasteiger partial charge in [-0.15, -0.1) is 0 Å². The van der Waals surface area contributed by atoms with Gasteiger partial charge in [0, 0.05) is 24.9 Å². The predicted octanol–water partition coefficient (Wildman–Crippen LogP) is 0.467. The Morgan fingerprint density at radius 1 is 1.17 bits per heavy atom. The summed E-state index contributed by atoms with van der Waals surface area (Å²) in [7, 11) is 0. The SMILES string of the molecule is O=C(c1ccn(Cc2ccccc2)n1)c1cncnc1NC1C[C@H](CO)[C@@H](O)[C@@H]1O. The van der Waals surface area contributed by atoms with E-state index in [1.54, 1.807) is 16.9 Å². The van der Waals surface area contributed by atoms with Crippen molar-refractivity contribution in [2.24, 2.45) is 5.92 Å². The van der Waals surface area contributed by atoms with Crippen molar-refractivity contribution in [2.45, 2.75) is 31.2 Å². The van der Waals surface area contributed by atoms with Crippen LogP contribution in [0.4, 0.5) is 5.82 Å². The predicted molar refractivity (Wildman–Crippen MR) is 108 cm³/mol. The quantitative estimate of drug-likeness (QED) is 0.414. The third kappa shape index (κ3) is 4.09. The van der Waals surface area contributed by atoms with Crippen LogP contribution in [0, 0.1) is 5.92 Å². The molecule has 1 aromatic carbocycles. The van der Waals surface area contributed by atoms with Crippen molar-refractivity contribution in [2.75, 3.05) is 11.9 Å². The highest BCUT2D eigenvalue weighted by atomic mass is 16.3. The van der Waals surface area contributed by atoms with Gasteiger partial charge in [0.2, 0.25) is 5.78 Å². The maximum absolute atomic E-state index is 13.0. The van der Waals surface area contributed by atoms with Crippen LogP contribution in [0.2, 0.25) is 0 Å². The number of hydrogen-bond donors (Lipinski definition) is 4. The van der Waals surface area contributed by atoms with Gasteiger partial charge in [-0.05, 0) is 18.1 Å². The Bertz CT molecular complexity index is 1010. The molecule has 0 amide bonds. The van der Waals surface area contributed by atoms with Crippen molar-refractivity contribution in [3.63, 3.8) is 0 Å². The average Bonchev–Trinajstić information content (AvgIpc) is 3.34. The number of aliphatic hydroxyl groups is 3. The molecule has 4 atom stereocenters. The van der Waals surface area contributed by atoms with Gasteiger partial charge < -0.3 is 20.6 Å². The van der Waals surface area contributed by atoms with Crippen LogP contribution in [0.3, 0.4) is 0 Å². The van der Waals surface area contributed by atoms with Crippen LogP contribution >= 0.6 is 0 Å². The number of hydrogen-bond acceptors (Lipinski definition) is 8. The van der Waals surface area contributed by atoms with E-state index in [0.29, 0.717) is 13.0 Å². The Balaban J connectivity index is 1.52. The van der Waals surface area contributed by atoms with Gasteiger partial charge >= 0.3 is 0 Å². The van der Waals surface area contributed by atoms with E-state index in [2.05, 4.69) is 20.4 Å². The van der Waals surface area contributed by atoms with Crippen molar-refractivity contribution in [3.05, 3.63) is 71.9 Å². The average molecular weight is 409 g/mol. The van der Waals surface area contributed by atoms with Gasteiger partial charge in [0.1, 0.15) is 23.9 Å². The summed E-state index contributed by atoms with van der Waals surface area (Å²) in [6.07, 6.45) is 2.67. The third-order valence-corrected chi connectivity index (χ3v) is 5.38. The molecular formula is C21H23N5O4. The van der Waals surface area contributed by atoms with Gasteiger partial charge in [-0.2, -0.15) is 5.10 Å². The Kier molecular flexibility index (Phi) is 5.84. The third-order valence-electron chi connectivity index (χ3n) is 5.38. The monoisotopic (exact) mass is 409 g/mol. The summed E-state index contributed by atoms with van der Waals surface area (Å²) in [4.78, 5) is 21.1. The molecule has 0 aliphatic heterocycles. The summed E-state index contributed by atoms with van der Waals surface area (Å²) in [6.45, 7) is 0.310. The lowest BCUT2D eigenvalue weighted by Crippen LogP contribution is -2.36. The Morgan fingerprint density at radius 3 is 2.70 bits per heavy atom. The van der Waals surface area contributed by atoms with Crippen molar-refractivity contribution >= 4 is 11.6 Å². The molecule has 9 heteroatoms. The van der Waals surface area contributed by atoms with Gasteiger partial charge in [-0.1, -0.05) is 30.3 Å². The molecule has 30 heavy (non-hydrogen) atoms. The van der Waals surface area contributed by atoms with Crippen molar-refractivity contribution < 1.29 is 20.1 Å². The zero-order valence-corrected chi connectivity index (χ0v) is 16.2. The standard InChI is InChI=1S/C21H23N5O4/c27-11-14-8-17(20(30)18(14)28)24-21-15(9-22-12-23-21)19(29)16-6-7-26(25-16)10-13-4-2-1-3-5-13/h1-7,9,12,14,17-18,20,27-28,30H,8,10-11H2,(H,22,23,24)/t14-,17?,18-,20-/m1/s1. The summed E-state index contributed by atoms with van der Waals surface area (Å²) in [5, 5.41) is 37.0. The van der Waals surface area contributed by atoms with Crippen molar-refractivity contribution in [3.8, 4) is 0 Å². The fourth-order valence-electron chi connectivity index (χ4n) is 3.71. The first-order chi connectivity index (χ1) is 14.6. The molecule has 1 saturated carbocycles. The number of ketones is 1. The molecule has 3 aromatic rings. The lowest BCUT2D eigenvalue weighted by atomic mass is 10.1. The number of benzene rings is 1. The van der Waals surface area contributed by atoms with Crippen LogP contribution in [0.25, 0.3) is 0 Å². The molecule has 2 heterocycles. The molecule has 156 valence electrons. The normalized spacial score (nSPS) is 23.4. The topological polar surface area (TPSA) is 133 Å². The molecule has 1 unspecified atom stereocenters. The molecule has 0 radical (unpaired) electrons. The van der Waals surface area contributed by atoms with E-state index in [9.17, 15) is 20.1 Å². The molecule has 4 rings (SSSR count). The zero-order valence-electron chi connectivity index (χ0n) is 16.2. The summed E-state index contributed by atoms with van der Waals surface area (Å²) in [6, 6.07) is 10.9. The molecule has 1 aliphatic rings. The number of anilines is 1. The van der Waals surface area contributed by atoms with E-state index >= 15 is 0 Å². The van der Waals surface area contributed by atoms with Gasteiger partial charge in [-0.3, -0.25) is 9.48 Å². The van der Waals surface area contributed by atoms with E-state index < -0.39 is 24.2 Å². The smallest absolute Gasteiger partial charge is 0.218 e. The summed E-state index contributed by atoms with van der Waals surface area (Å²) in [5.41, 5.74) is 1.54. The fourth-order valence-corrected chi connectivity index (χ4v) is 3.71.